The third kappa shape index (κ3) is 19.4. The Hall–Kier alpha value is -2.78. The number of ketones is 1. The summed E-state index contributed by atoms with van der Waals surface area (Å²) >= 11 is 0. The largest absolute Gasteiger partial charge is 0.481 e. The average Bonchev–Trinajstić information content (AvgIpc) is 3.27. The smallest absolute Gasteiger partial charge is 0.326 e. The minimum Gasteiger partial charge on any atom is -0.481 e. The Morgan fingerprint density at radius 3 is 1.62 bits per heavy atom. The SMILES string of the molecule is CC(C)C1CC(=O)N(CCCCCC(=O)CCC(NC(=O)CCCCCCCCCCCCCCCCC(=O)O)C(=O)O)C1=O. The van der Waals surface area contributed by atoms with Crippen molar-refractivity contribution in [2.45, 2.75) is 168 Å². The van der Waals surface area contributed by atoms with Crippen molar-refractivity contribution in [1.29, 1.82) is 0 Å². The third-order valence-electron chi connectivity index (χ3n) is 8.81. The second kappa shape index (κ2) is 24.5. The van der Waals surface area contributed by atoms with Crippen molar-refractivity contribution in [1.82, 2.24) is 10.2 Å². The highest BCUT2D eigenvalue weighted by Crippen LogP contribution is 2.26. The van der Waals surface area contributed by atoms with Gasteiger partial charge in [-0.25, -0.2) is 4.79 Å². The minimum atomic E-state index is -1.13. The first-order valence-electron chi connectivity index (χ1n) is 17.6. The number of carboxylic acids is 2. The first-order valence-corrected chi connectivity index (χ1v) is 17.6. The molecule has 1 fully saturated rings. The van der Waals surface area contributed by atoms with Crippen LogP contribution in [0.25, 0.3) is 0 Å². The number of carbonyl (C=O) groups excluding carboxylic acids is 4. The van der Waals surface area contributed by atoms with Gasteiger partial charge in [-0.3, -0.25) is 28.9 Å². The third-order valence-corrected chi connectivity index (χ3v) is 8.81. The summed E-state index contributed by atoms with van der Waals surface area (Å²) < 4.78 is 0. The van der Waals surface area contributed by atoms with E-state index in [0.717, 1.165) is 44.9 Å². The number of aliphatic carboxylic acids is 2. The van der Waals surface area contributed by atoms with Crippen LogP contribution in [0.1, 0.15) is 162 Å². The van der Waals surface area contributed by atoms with Gasteiger partial charge in [-0.05, 0) is 38.0 Å². The molecule has 0 spiro atoms. The quantitative estimate of drug-likeness (QED) is 0.0596. The number of nitrogens with one attached hydrogen (secondary N) is 1. The van der Waals surface area contributed by atoms with E-state index < -0.39 is 18.0 Å². The highest BCUT2D eigenvalue weighted by molar-refractivity contribution is 6.03. The minimum absolute atomic E-state index is 0.0475. The van der Waals surface area contributed by atoms with E-state index in [1.807, 2.05) is 13.8 Å². The molecule has 2 unspecified atom stereocenters. The Labute approximate surface area is 270 Å². The molecule has 0 aromatic rings. The first-order chi connectivity index (χ1) is 21.5. The molecule has 1 aliphatic rings. The van der Waals surface area contributed by atoms with Gasteiger partial charge in [-0.15, -0.1) is 0 Å². The number of nitrogens with zero attached hydrogens (tertiary/aromatic N) is 1. The van der Waals surface area contributed by atoms with Crippen LogP contribution in [0.5, 0.6) is 0 Å². The maximum Gasteiger partial charge on any atom is 0.326 e. The maximum absolute atomic E-state index is 12.4. The van der Waals surface area contributed by atoms with Crippen LogP contribution in [0.15, 0.2) is 0 Å². The molecule has 0 aromatic heterocycles. The van der Waals surface area contributed by atoms with Gasteiger partial charge in [-0.1, -0.05) is 97.3 Å². The van der Waals surface area contributed by atoms with Crippen LogP contribution in [-0.4, -0.2) is 63.1 Å². The fourth-order valence-corrected chi connectivity index (χ4v) is 5.87. The van der Waals surface area contributed by atoms with E-state index in [4.69, 9.17) is 5.11 Å². The molecule has 0 bridgehead atoms. The van der Waals surface area contributed by atoms with Gasteiger partial charge in [0.1, 0.15) is 11.8 Å². The number of unbranched alkanes of at least 4 members (excludes halogenated alkanes) is 15. The second-order valence-corrected chi connectivity index (χ2v) is 13.1. The number of imide groups is 1. The Bertz CT molecular complexity index is 919. The molecule has 2 atom stereocenters. The zero-order valence-electron chi connectivity index (χ0n) is 28.0. The second-order valence-electron chi connectivity index (χ2n) is 13.1. The highest BCUT2D eigenvalue weighted by atomic mass is 16.4. The number of hydrogen-bond donors (Lipinski definition) is 3. The van der Waals surface area contributed by atoms with Gasteiger partial charge in [-0.2, -0.15) is 0 Å². The number of Topliss-reactive ketones (excluding diaryl/α,β-unsaturated/α-hetero) is 1. The molecule has 3 N–H and O–H groups in total. The summed E-state index contributed by atoms with van der Waals surface area (Å²) in [5, 5.41) is 20.7. The first kappa shape index (κ1) is 40.2. The van der Waals surface area contributed by atoms with Crippen molar-refractivity contribution >= 4 is 35.4 Å². The molecule has 1 rings (SSSR count). The van der Waals surface area contributed by atoms with E-state index in [-0.39, 0.29) is 67.4 Å². The number of rotatable bonds is 29. The van der Waals surface area contributed by atoms with Crippen LogP contribution in [0.4, 0.5) is 0 Å². The van der Waals surface area contributed by atoms with E-state index in [9.17, 15) is 33.9 Å². The van der Waals surface area contributed by atoms with E-state index >= 15 is 0 Å². The number of carboxylic acid groups (broad SMARTS) is 2. The van der Waals surface area contributed by atoms with Crippen molar-refractivity contribution in [3.05, 3.63) is 0 Å². The predicted octanol–water partition coefficient (Wildman–Crippen LogP) is 6.82. The molecule has 10 nitrogen and oxygen atoms in total. The van der Waals surface area contributed by atoms with Gasteiger partial charge in [0.05, 0.1) is 0 Å². The summed E-state index contributed by atoms with van der Waals surface area (Å²) in [6.45, 7) is 4.27. The summed E-state index contributed by atoms with van der Waals surface area (Å²) in [6.07, 6.45) is 18.6. The van der Waals surface area contributed by atoms with Crippen LogP contribution >= 0.6 is 0 Å². The standard InChI is InChI=1S/C35H60N2O8/c1-27(2)29-26-32(40)37(34(29)43)25-19-15-16-20-28(38)23-24-30(35(44)45)36-31(39)21-17-13-11-9-7-5-3-4-6-8-10-12-14-18-22-33(41)42/h27,29-30H,3-26H2,1-2H3,(H,36,39)(H,41,42)(H,44,45). The van der Waals surface area contributed by atoms with Gasteiger partial charge in [0.25, 0.3) is 0 Å². The van der Waals surface area contributed by atoms with Crippen molar-refractivity contribution in [2.75, 3.05) is 6.54 Å². The maximum atomic E-state index is 12.4. The Kier molecular flexibility index (Phi) is 21.9. The lowest BCUT2D eigenvalue weighted by atomic mass is 9.94. The molecular formula is C35H60N2O8. The summed E-state index contributed by atoms with van der Waals surface area (Å²) in [7, 11) is 0. The molecule has 1 aliphatic heterocycles. The Morgan fingerprint density at radius 1 is 0.689 bits per heavy atom. The molecule has 0 saturated carbocycles. The normalized spacial score (nSPS) is 15.5. The number of likely N-dealkylation sites (tertiary alicyclic amines) is 1. The van der Waals surface area contributed by atoms with Crippen molar-refractivity contribution < 1.29 is 39.0 Å². The van der Waals surface area contributed by atoms with Crippen LogP contribution in [0.2, 0.25) is 0 Å². The van der Waals surface area contributed by atoms with E-state index in [2.05, 4.69) is 5.32 Å². The summed E-state index contributed by atoms with van der Waals surface area (Å²) in [6, 6.07) is -1.07. The van der Waals surface area contributed by atoms with Gasteiger partial charge >= 0.3 is 11.9 Å². The number of hydrogen-bond acceptors (Lipinski definition) is 6. The molecular weight excluding hydrogens is 576 g/mol. The number of amides is 3. The lowest BCUT2D eigenvalue weighted by Crippen LogP contribution is -2.41. The van der Waals surface area contributed by atoms with Gasteiger partial charge in [0.15, 0.2) is 0 Å². The summed E-state index contributed by atoms with van der Waals surface area (Å²) in [4.78, 5) is 72.5. The lowest BCUT2D eigenvalue weighted by molar-refractivity contribution is -0.142. The van der Waals surface area contributed by atoms with E-state index in [1.165, 1.54) is 49.8 Å². The molecule has 0 radical (unpaired) electrons. The fourth-order valence-electron chi connectivity index (χ4n) is 5.87. The van der Waals surface area contributed by atoms with Crippen molar-refractivity contribution in [2.24, 2.45) is 11.8 Å². The zero-order valence-corrected chi connectivity index (χ0v) is 28.0. The van der Waals surface area contributed by atoms with Crippen LogP contribution in [0.3, 0.4) is 0 Å². The Balaban J connectivity index is 2.02. The fraction of sp³-hybridized carbons (Fsp3) is 0.829. The average molecular weight is 637 g/mol. The molecule has 10 heteroatoms. The molecule has 45 heavy (non-hydrogen) atoms. The van der Waals surface area contributed by atoms with Gasteiger partial charge in [0, 0.05) is 44.6 Å². The predicted molar refractivity (Wildman–Crippen MR) is 173 cm³/mol. The molecule has 3 amide bonds. The molecule has 0 aromatic carbocycles. The summed E-state index contributed by atoms with van der Waals surface area (Å²) in [5.41, 5.74) is 0. The van der Waals surface area contributed by atoms with E-state index in [0.29, 0.717) is 32.2 Å². The van der Waals surface area contributed by atoms with Crippen LogP contribution < -0.4 is 5.32 Å². The van der Waals surface area contributed by atoms with E-state index in [1.54, 1.807) is 0 Å². The topological polar surface area (TPSA) is 158 Å². The Morgan fingerprint density at radius 2 is 1.16 bits per heavy atom. The molecule has 1 saturated heterocycles. The molecule has 1 heterocycles. The van der Waals surface area contributed by atoms with Crippen molar-refractivity contribution in [3.63, 3.8) is 0 Å². The van der Waals surface area contributed by atoms with Crippen molar-refractivity contribution in [3.8, 4) is 0 Å². The van der Waals surface area contributed by atoms with Gasteiger partial charge in [0.2, 0.25) is 17.7 Å². The zero-order chi connectivity index (χ0) is 33.5. The van der Waals surface area contributed by atoms with Crippen LogP contribution in [0, 0.1) is 11.8 Å². The lowest BCUT2D eigenvalue weighted by Gasteiger charge is -2.16. The van der Waals surface area contributed by atoms with Crippen LogP contribution in [-0.2, 0) is 28.8 Å². The molecule has 0 aliphatic carbocycles. The number of carbonyl (C=O) groups is 6. The molecule has 258 valence electrons. The van der Waals surface area contributed by atoms with Gasteiger partial charge < -0.3 is 15.5 Å². The summed E-state index contributed by atoms with van der Waals surface area (Å²) in [5.74, 6) is -2.49. The highest BCUT2D eigenvalue weighted by Gasteiger charge is 2.39. The monoisotopic (exact) mass is 636 g/mol.